The molecule has 0 amide bonds. The number of hydrogen-bond acceptors (Lipinski definition) is 4. The zero-order chi connectivity index (χ0) is 37.0. The van der Waals surface area contributed by atoms with E-state index in [1.165, 1.54) is 53.2 Å². The third-order valence-corrected chi connectivity index (χ3v) is 12.1. The first kappa shape index (κ1) is 32.4. The minimum absolute atomic E-state index is 0.273. The van der Waals surface area contributed by atoms with Crippen LogP contribution in [0.2, 0.25) is 0 Å². The van der Waals surface area contributed by atoms with Crippen LogP contribution in [0, 0.1) is 0 Å². The van der Waals surface area contributed by atoms with Gasteiger partial charge in [-0.3, -0.25) is 0 Å². The van der Waals surface area contributed by atoms with Crippen molar-refractivity contribution in [2.24, 2.45) is 9.98 Å². The minimum atomic E-state index is -0.273. The van der Waals surface area contributed by atoms with Gasteiger partial charge in [0.05, 0.1) is 11.0 Å². The van der Waals surface area contributed by atoms with E-state index in [2.05, 4.69) is 180 Å². The highest BCUT2D eigenvalue weighted by Gasteiger charge is 2.23. The van der Waals surface area contributed by atoms with Gasteiger partial charge in [0.25, 0.3) is 0 Å². The number of aliphatic imine (C=N–C) groups is 2. The maximum atomic E-state index is 5.16. The molecule has 8 aromatic carbocycles. The van der Waals surface area contributed by atoms with E-state index in [9.17, 15) is 0 Å². The molecule has 4 nitrogen and oxygen atoms in total. The van der Waals surface area contributed by atoms with Crippen LogP contribution in [0.3, 0.4) is 0 Å². The molecule has 1 atom stereocenters. The largest absolute Gasteiger partial charge is 0.344 e. The number of para-hydroxylation sites is 1. The van der Waals surface area contributed by atoms with Crippen molar-refractivity contribution >= 4 is 65.0 Å². The first-order valence-electron chi connectivity index (χ1n) is 18.9. The van der Waals surface area contributed by atoms with E-state index < -0.39 is 0 Å². The predicted octanol–water partition coefficient (Wildman–Crippen LogP) is 13.0. The van der Waals surface area contributed by atoms with Crippen LogP contribution in [0.1, 0.15) is 22.9 Å². The van der Waals surface area contributed by atoms with Crippen LogP contribution < -0.4 is 5.32 Å². The van der Waals surface area contributed by atoms with Gasteiger partial charge in [-0.2, -0.15) is 0 Å². The van der Waals surface area contributed by atoms with Crippen molar-refractivity contribution in [3.63, 3.8) is 0 Å². The SMILES string of the molecule is c1ccc(C2=NC(c3ccccc3)NC(c3ccc4c5ccccc5n(-c5cc(-c6ccc(-c7ccccc7)cc6)c6sc7ccccc7c6c5)c4c3)=N2)cc1. The molecule has 0 bridgehead atoms. The Labute approximate surface area is 328 Å². The van der Waals surface area contributed by atoms with Crippen molar-refractivity contribution in [3.05, 3.63) is 211 Å². The molecule has 0 saturated carbocycles. The molecular formula is C51H34N4S. The minimum Gasteiger partial charge on any atom is -0.344 e. The van der Waals surface area contributed by atoms with Crippen molar-refractivity contribution in [1.29, 1.82) is 0 Å². The van der Waals surface area contributed by atoms with Gasteiger partial charge in [0.2, 0.25) is 0 Å². The smallest absolute Gasteiger partial charge is 0.159 e. The summed E-state index contributed by atoms with van der Waals surface area (Å²) in [6, 6.07) is 69.3. The molecule has 5 heteroatoms. The van der Waals surface area contributed by atoms with Crippen LogP contribution in [0.4, 0.5) is 0 Å². The lowest BCUT2D eigenvalue weighted by molar-refractivity contribution is 0.674. The van der Waals surface area contributed by atoms with Crippen LogP contribution in [0.15, 0.2) is 204 Å². The van der Waals surface area contributed by atoms with Gasteiger partial charge in [-0.05, 0) is 52.6 Å². The van der Waals surface area contributed by atoms with Gasteiger partial charge in [-0.1, -0.05) is 164 Å². The number of amidine groups is 2. The number of aromatic nitrogens is 1. The molecule has 1 unspecified atom stereocenters. The molecule has 1 N–H and O–H groups in total. The molecule has 3 heterocycles. The highest BCUT2D eigenvalue weighted by molar-refractivity contribution is 7.26. The molecule has 10 aromatic rings. The van der Waals surface area contributed by atoms with E-state index in [1.54, 1.807) is 0 Å². The van der Waals surface area contributed by atoms with Crippen LogP contribution in [0.5, 0.6) is 0 Å². The third-order valence-electron chi connectivity index (χ3n) is 10.9. The Morgan fingerprint density at radius 1 is 0.464 bits per heavy atom. The molecule has 2 aromatic heterocycles. The number of benzene rings is 8. The number of fused-ring (bicyclic) bond motifs is 6. The fourth-order valence-electron chi connectivity index (χ4n) is 8.14. The Bertz CT molecular complexity index is 3140. The van der Waals surface area contributed by atoms with Gasteiger partial charge in [0, 0.05) is 53.3 Å². The summed E-state index contributed by atoms with van der Waals surface area (Å²) in [5, 5.41) is 8.64. The number of nitrogens with zero attached hydrogens (tertiary/aromatic N) is 3. The second-order valence-corrected chi connectivity index (χ2v) is 15.3. The first-order chi connectivity index (χ1) is 27.7. The normalized spacial score (nSPS) is 14.2. The molecule has 1 aliphatic rings. The van der Waals surface area contributed by atoms with Gasteiger partial charge < -0.3 is 9.88 Å². The molecule has 56 heavy (non-hydrogen) atoms. The Morgan fingerprint density at radius 3 is 1.86 bits per heavy atom. The molecule has 11 rings (SSSR count). The van der Waals surface area contributed by atoms with E-state index in [0.717, 1.165) is 39.2 Å². The zero-order valence-electron chi connectivity index (χ0n) is 30.3. The monoisotopic (exact) mass is 734 g/mol. The molecule has 0 spiro atoms. The fraction of sp³-hybridized carbons (Fsp3) is 0.0196. The van der Waals surface area contributed by atoms with Gasteiger partial charge in [-0.25, -0.2) is 9.98 Å². The Kier molecular flexibility index (Phi) is 7.71. The van der Waals surface area contributed by atoms with E-state index in [-0.39, 0.29) is 6.17 Å². The van der Waals surface area contributed by atoms with Crippen molar-refractivity contribution in [1.82, 2.24) is 9.88 Å². The van der Waals surface area contributed by atoms with Crippen LogP contribution in [-0.2, 0) is 0 Å². The summed E-state index contributed by atoms with van der Waals surface area (Å²) >= 11 is 1.87. The highest BCUT2D eigenvalue weighted by atomic mass is 32.1. The molecule has 1 aliphatic heterocycles. The highest BCUT2D eigenvalue weighted by Crippen LogP contribution is 2.43. The molecular weight excluding hydrogens is 701 g/mol. The maximum absolute atomic E-state index is 5.16. The average Bonchev–Trinajstić information content (AvgIpc) is 3.82. The molecule has 0 aliphatic carbocycles. The van der Waals surface area contributed by atoms with Gasteiger partial charge in [-0.15, -0.1) is 11.3 Å². The Hall–Kier alpha value is -7.08. The summed E-state index contributed by atoms with van der Waals surface area (Å²) in [6.07, 6.45) is -0.273. The Balaban J connectivity index is 1.12. The Morgan fingerprint density at radius 2 is 1.07 bits per heavy atom. The van der Waals surface area contributed by atoms with Crippen LogP contribution >= 0.6 is 11.3 Å². The number of nitrogens with one attached hydrogen (secondary N) is 1. The molecule has 0 saturated heterocycles. The molecule has 264 valence electrons. The van der Waals surface area contributed by atoms with E-state index in [4.69, 9.17) is 9.98 Å². The van der Waals surface area contributed by atoms with E-state index >= 15 is 0 Å². The lowest BCUT2D eigenvalue weighted by Gasteiger charge is -2.23. The summed E-state index contributed by atoms with van der Waals surface area (Å²) < 4.78 is 5.02. The third kappa shape index (κ3) is 5.52. The fourth-order valence-corrected chi connectivity index (χ4v) is 9.36. The summed E-state index contributed by atoms with van der Waals surface area (Å²) in [4.78, 5) is 10.2. The zero-order valence-corrected chi connectivity index (χ0v) is 31.1. The first-order valence-corrected chi connectivity index (χ1v) is 19.8. The lowest BCUT2D eigenvalue weighted by Crippen LogP contribution is -2.33. The molecule has 0 radical (unpaired) electrons. The summed E-state index contributed by atoms with van der Waals surface area (Å²) in [7, 11) is 0. The summed E-state index contributed by atoms with van der Waals surface area (Å²) in [5.74, 6) is 1.51. The van der Waals surface area contributed by atoms with Gasteiger partial charge in [0.1, 0.15) is 12.0 Å². The second-order valence-electron chi connectivity index (χ2n) is 14.2. The quantitative estimate of drug-likeness (QED) is 0.182. The predicted molar refractivity (Wildman–Crippen MR) is 236 cm³/mol. The van der Waals surface area contributed by atoms with Crippen LogP contribution in [0.25, 0.3) is 69.9 Å². The standard InChI is InChI=1S/C51H34N4S/c1-4-14-33(15-5-1)34-24-26-35(27-25-34)43-31-39(32-44-42-21-11-13-23-47(42)56-48(43)44)55-45-22-12-10-20-40(45)41-29-28-38(30-46(41)55)51-53-49(36-16-6-2-7-17-36)52-50(54-51)37-18-8-3-9-19-37/h1-32,49H,(H,52,53,54). The summed E-state index contributed by atoms with van der Waals surface area (Å²) in [6.45, 7) is 0. The van der Waals surface area contributed by atoms with Crippen molar-refractivity contribution < 1.29 is 0 Å². The van der Waals surface area contributed by atoms with Crippen molar-refractivity contribution in [2.75, 3.05) is 0 Å². The van der Waals surface area contributed by atoms with Crippen LogP contribution in [-0.4, -0.2) is 16.2 Å². The number of rotatable bonds is 6. The van der Waals surface area contributed by atoms with Crippen molar-refractivity contribution in [3.8, 4) is 27.9 Å². The van der Waals surface area contributed by atoms with Crippen molar-refractivity contribution in [2.45, 2.75) is 6.17 Å². The number of hydrogen-bond donors (Lipinski definition) is 1. The van der Waals surface area contributed by atoms with Gasteiger partial charge in [0.15, 0.2) is 5.84 Å². The topological polar surface area (TPSA) is 41.7 Å². The molecule has 0 fully saturated rings. The van der Waals surface area contributed by atoms with Gasteiger partial charge >= 0.3 is 0 Å². The van der Waals surface area contributed by atoms with E-state index in [1.807, 2.05) is 35.6 Å². The van der Waals surface area contributed by atoms with E-state index in [0.29, 0.717) is 5.84 Å². The number of thiophene rings is 1. The lowest BCUT2D eigenvalue weighted by atomic mass is 9.98. The average molecular weight is 735 g/mol. The second kappa shape index (κ2) is 13.3. The summed E-state index contributed by atoms with van der Waals surface area (Å²) in [5.41, 5.74) is 11.3. The maximum Gasteiger partial charge on any atom is 0.159 e.